The van der Waals surface area contributed by atoms with Gasteiger partial charge in [-0.05, 0) is 36.8 Å². The second-order valence-corrected chi connectivity index (χ2v) is 6.22. The third-order valence-corrected chi connectivity index (χ3v) is 4.40. The van der Waals surface area contributed by atoms with E-state index in [-0.39, 0.29) is 24.3 Å². The van der Waals surface area contributed by atoms with Crippen LogP contribution < -0.4 is 15.4 Å². The number of carbonyl (C=O) groups is 1. The molecule has 5 nitrogen and oxygen atoms in total. The van der Waals surface area contributed by atoms with Crippen molar-refractivity contribution in [1.82, 2.24) is 10.2 Å². The molecule has 1 amide bonds. The van der Waals surface area contributed by atoms with E-state index in [9.17, 15) is 9.18 Å². The highest BCUT2D eigenvalue weighted by molar-refractivity contribution is 5.93. The van der Waals surface area contributed by atoms with Gasteiger partial charge < -0.3 is 15.4 Å². The Labute approximate surface area is 153 Å². The van der Waals surface area contributed by atoms with Gasteiger partial charge in [-0.2, -0.15) is 0 Å². The number of nitrogens with zero attached hydrogens (tertiary/aromatic N) is 1. The van der Waals surface area contributed by atoms with Gasteiger partial charge in [0.1, 0.15) is 11.6 Å². The monoisotopic (exact) mass is 357 g/mol. The van der Waals surface area contributed by atoms with Crippen molar-refractivity contribution in [3.05, 3.63) is 59.9 Å². The quantitative estimate of drug-likeness (QED) is 0.835. The molecule has 26 heavy (non-hydrogen) atoms. The van der Waals surface area contributed by atoms with Crippen molar-refractivity contribution in [3.8, 4) is 5.75 Å². The largest absolute Gasteiger partial charge is 0.492 e. The lowest BCUT2D eigenvalue weighted by atomic mass is 10.0. The maximum Gasteiger partial charge on any atom is 0.238 e. The fourth-order valence-electron chi connectivity index (χ4n) is 3.20. The zero-order chi connectivity index (χ0) is 18.4. The number of hydrogen-bond donors (Lipinski definition) is 2. The maximum absolute atomic E-state index is 13.6. The van der Waals surface area contributed by atoms with Gasteiger partial charge in [-0.1, -0.05) is 24.3 Å². The number of carbonyl (C=O) groups excluding carboxylic acids is 1. The molecular formula is C20H24FN3O2. The first kappa shape index (κ1) is 18.4. The van der Waals surface area contributed by atoms with E-state index in [2.05, 4.69) is 15.5 Å². The number of hydrogen-bond acceptors (Lipinski definition) is 4. The highest BCUT2D eigenvalue weighted by atomic mass is 19.1. The predicted molar refractivity (Wildman–Crippen MR) is 99.8 cm³/mol. The minimum absolute atomic E-state index is 0.0349. The van der Waals surface area contributed by atoms with E-state index in [4.69, 9.17) is 4.74 Å². The Hall–Kier alpha value is -2.44. The number of halogens is 1. The summed E-state index contributed by atoms with van der Waals surface area (Å²) in [6, 6.07) is 13.9. The first-order valence-corrected chi connectivity index (χ1v) is 8.89. The predicted octanol–water partition coefficient (Wildman–Crippen LogP) is 2.81. The molecule has 0 radical (unpaired) electrons. The number of rotatable bonds is 6. The standard InChI is InChI=1S/C20H24FN3O2/c1-2-26-19-9-4-3-8-17(19)23-20(25)14-24-11-10-22-13-18(24)15-6-5-7-16(21)12-15/h3-9,12,18,22H,2,10-11,13-14H2,1H3,(H,23,25). The van der Waals surface area contributed by atoms with Gasteiger partial charge in [0.15, 0.2) is 0 Å². The summed E-state index contributed by atoms with van der Waals surface area (Å²) in [5.41, 5.74) is 1.54. The van der Waals surface area contributed by atoms with Crippen LogP contribution in [0.1, 0.15) is 18.5 Å². The van der Waals surface area contributed by atoms with Gasteiger partial charge in [0.2, 0.25) is 5.91 Å². The van der Waals surface area contributed by atoms with Crippen LogP contribution in [0.4, 0.5) is 10.1 Å². The Balaban J connectivity index is 1.69. The van der Waals surface area contributed by atoms with Crippen molar-refractivity contribution in [2.24, 2.45) is 0 Å². The summed E-state index contributed by atoms with van der Waals surface area (Å²) in [5, 5.41) is 6.24. The molecule has 138 valence electrons. The Bertz CT molecular complexity index is 753. The van der Waals surface area contributed by atoms with Crippen LogP contribution in [0, 0.1) is 5.82 Å². The molecule has 1 aliphatic rings. The molecule has 0 spiro atoms. The molecular weight excluding hydrogens is 333 g/mol. The van der Waals surface area contributed by atoms with E-state index in [1.165, 1.54) is 12.1 Å². The fraction of sp³-hybridized carbons (Fsp3) is 0.350. The number of ether oxygens (including phenoxy) is 1. The molecule has 1 fully saturated rings. The van der Waals surface area contributed by atoms with Crippen LogP contribution in [0.25, 0.3) is 0 Å². The minimum atomic E-state index is -0.261. The van der Waals surface area contributed by atoms with Gasteiger partial charge in [-0.15, -0.1) is 0 Å². The molecule has 2 N–H and O–H groups in total. The third kappa shape index (κ3) is 4.59. The molecule has 2 aromatic carbocycles. The lowest BCUT2D eigenvalue weighted by Crippen LogP contribution is -2.48. The summed E-state index contributed by atoms with van der Waals surface area (Å²) in [5.74, 6) is 0.286. The van der Waals surface area contributed by atoms with Crippen molar-refractivity contribution in [1.29, 1.82) is 0 Å². The van der Waals surface area contributed by atoms with Crippen LogP contribution in [0.2, 0.25) is 0 Å². The number of amides is 1. The molecule has 3 rings (SSSR count). The highest BCUT2D eigenvalue weighted by Crippen LogP contribution is 2.25. The average Bonchev–Trinajstić information content (AvgIpc) is 2.64. The van der Waals surface area contributed by atoms with Crippen LogP contribution in [-0.4, -0.2) is 43.6 Å². The summed E-state index contributed by atoms with van der Waals surface area (Å²) >= 11 is 0. The van der Waals surface area contributed by atoms with Gasteiger partial charge in [-0.3, -0.25) is 9.69 Å². The number of piperazine rings is 1. The number of anilines is 1. The number of nitrogens with one attached hydrogen (secondary N) is 2. The maximum atomic E-state index is 13.6. The number of benzene rings is 2. The Kier molecular flexibility index (Phi) is 6.20. The van der Waals surface area contributed by atoms with Crippen LogP contribution in [0.3, 0.4) is 0 Å². The fourth-order valence-corrected chi connectivity index (χ4v) is 3.20. The Morgan fingerprint density at radius 2 is 2.15 bits per heavy atom. The van der Waals surface area contributed by atoms with Crippen molar-refractivity contribution < 1.29 is 13.9 Å². The summed E-state index contributed by atoms with van der Waals surface area (Å²) in [4.78, 5) is 14.7. The van der Waals surface area contributed by atoms with Gasteiger partial charge >= 0.3 is 0 Å². The molecule has 0 aliphatic carbocycles. The Morgan fingerprint density at radius 3 is 2.96 bits per heavy atom. The normalized spacial score (nSPS) is 17.7. The van der Waals surface area contributed by atoms with E-state index >= 15 is 0 Å². The van der Waals surface area contributed by atoms with Crippen molar-refractivity contribution >= 4 is 11.6 Å². The van der Waals surface area contributed by atoms with Crippen molar-refractivity contribution in [2.75, 3.05) is 38.1 Å². The zero-order valence-electron chi connectivity index (χ0n) is 14.9. The Morgan fingerprint density at radius 1 is 1.31 bits per heavy atom. The van der Waals surface area contributed by atoms with Crippen LogP contribution in [-0.2, 0) is 4.79 Å². The summed E-state index contributed by atoms with van der Waals surface area (Å²) < 4.78 is 19.1. The second-order valence-electron chi connectivity index (χ2n) is 6.22. The molecule has 0 aromatic heterocycles. The molecule has 1 aliphatic heterocycles. The summed E-state index contributed by atoms with van der Waals surface area (Å²) in [6.45, 7) is 4.89. The first-order chi connectivity index (χ1) is 12.7. The van der Waals surface area contributed by atoms with E-state index < -0.39 is 0 Å². The van der Waals surface area contributed by atoms with Crippen LogP contribution in [0.5, 0.6) is 5.75 Å². The average molecular weight is 357 g/mol. The van der Waals surface area contributed by atoms with E-state index in [0.717, 1.165) is 18.7 Å². The first-order valence-electron chi connectivity index (χ1n) is 8.89. The third-order valence-electron chi connectivity index (χ3n) is 4.40. The van der Waals surface area contributed by atoms with Gasteiger partial charge in [0, 0.05) is 25.7 Å². The topological polar surface area (TPSA) is 53.6 Å². The molecule has 1 atom stereocenters. The van der Waals surface area contributed by atoms with Crippen molar-refractivity contribution in [2.45, 2.75) is 13.0 Å². The SMILES string of the molecule is CCOc1ccccc1NC(=O)CN1CCNCC1c1cccc(F)c1. The molecule has 0 bridgehead atoms. The van der Waals surface area contributed by atoms with Crippen molar-refractivity contribution in [3.63, 3.8) is 0 Å². The van der Waals surface area contributed by atoms with Gasteiger partial charge in [-0.25, -0.2) is 4.39 Å². The molecule has 1 unspecified atom stereocenters. The van der Waals surface area contributed by atoms with E-state index in [1.54, 1.807) is 6.07 Å². The second kappa shape index (κ2) is 8.78. The van der Waals surface area contributed by atoms with E-state index in [0.29, 0.717) is 24.6 Å². The minimum Gasteiger partial charge on any atom is -0.492 e. The van der Waals surface area contributed by atoms with Crippen LogP contribution in [0.15, 0.2) is 48.5 Å². The number of para-hydroxylation sites is 2. The highest BCUT2D eigenvalue weighted by Gasteiger charge is 2.26. The summed E-state index contributed by atoms with van der Waals surface area (Å²) in [7, 11) is 0. The molecule has 2 aromatic rings. The van der Waals surface area contributed by atoms with Crippen LogP contribution >= 0.6 is 0 Å². The molecule has 0 saturated carbocycles. The van der Waals surface area contributed by atoms with E-state index in [1.807, 2.05) is 37.3 Å². The van der Waals surface area contributed by atoms with Gasteiger partial charge in [0.25, 0.3) is 0 Å². The lowest BCUT2D eigenvalue weighted by Gasteiger charge is -2.36. The molecule has 1 heterocycles. The smallest absolute Gasteiger partial charge is 0.238 e. The lowest BCUT2D eigenvalue weighted by molar-refractivity contribution is -0.118. The summed E-state index contributed by atoms with van der Waals surface area (Å²) in [6.07, 6.45) is 0. The van der Waals surface area contributed by atoms with Gasteiger partial charge in [0.05, 0.1) is 18.8 Å². The zero-order valence-corrected chi connectivity index (χ0v) is 14.9. The molecule has 6 heteroatoms. The molecule has 1 saturated heterocycles.